The fraction of sp³-hybridized carbons (Fsp3) is 1.00. The van der Waals surface area contributed by atoms with Gasteiger partial charge in [-0.25, -0.2) is 0 Å². The predicted octanol–water partition coefficient (Wildman–Crippen LogP) is -3.29. The molecule has 0 aromatic carbocycles. The number of hydrogen-bond acceptors (Lipinski definition) is 6. The second-order valence-electron chi connectivity index (χ2n) is 1.73. The summed E-state index contributed by atoms with van der Waals surface area (Å²) in [4.78, 5) is 0. The molecule has 0 unspecified atom stereocenters. The molecule has 6 nitrogen and oxygen atoms in total. The smallest absolute Gasteiger partial charge is 0.00461 e. The normalized spacial score (nSPS) is 6.92. The Labute approximate surface area is 93.5 Å². The number of rotatable bonds is 3. The fourth-order valence-electron chi connectivity index (χ4n) is 0. The van der Waals surface area contributed by atoms with Crippen molar-refractivity contribution in [2.75, 3.05) is 39.3 Å². The van der Waals surface area contributed by atoms with E-state index in [-0.39, 0.29) is 19.5 Å². The van der Waals surface area contributed by atoms with Crippen LogP contribution in [0.5, 0.6) is 0 Å². The van der Waals surface area contributed by atoms with Crippen LogP contribution in [0, 0.1) is 0 Å². The van der Waals surface area contributed by atoms with E-state index in [1.807, 2.05) is 0 Å². The third-order valence-corrected chi connectivity index (χ3v) is 0.500. The first-order valence-electron chi connectivity index (χ1n) is 3.95. The summed E-state index contributed by atoms with van der Waals surface area (Å²) in [7, 11) is 0. The molecule has 0 heterocycles. The van der Waals surface area contributed by atoms with Crippen LogP contribution in [0.25, 0.3) is 0 Å². The van der Waals surface area contributed by atoms with E-state index >= 15 is 0 Å². The molecule has 0 spiro atoms. The molecule has 0 radical (unpaired) electrons. The van der Waals surface area contributed by atoms with Crippen molar-refractivity contribution >= 4 is 0 Å². The molecule has 86 valence electrons. The SMILES string of the molecule is NCCN.NCCN.NCCN.[Ru]. The van der Waals surface area contributed by atoms with Crippen LogP contribution in [-0.2, 0) is 19.5 Å². The van der Waals surface area contributed by atoms with Gasteiger partial charge in [0.25, 0.3) is 0 Å². The van der Waals surface area contributed by atoms with Crippen LogP contribution >= 0.6 is 0 Å². The van der Waals surface area contributed by atoms with Gasteiger partial charge in [0.05, 0.1) is 0 Å². The summed E-state index contributed by atoms with van der Waals surface area (Å²) in [5.74, 6) is 0. The summed E-state index contributed by atoms with van der Waals surface area (Å²) in [6.07, 6.45) is 0. The molecule has 0 aromatic rings. The van der Waals surface area contributed by atoms with Gasteiger partial charge >= 0.3 is 0 Å². The molecule has 0 atom stereocenters. The zero-order valence-corrected chi connectivity index (χ0v) is 9.80. The van der Waals surface area contributed by atoms with Crippen LogP contribution in [0.4, 0.5) is 0 Å². The van der Waals surface area contributed by atoms with Crippen molar-refractivity contribution in [3.63, 3.8) is 0 Å². The summed E-state index contributed by atoms with van der Waals surface area (Å²) in [5, 5.41) is 0. The van der Waals surface area contributed by atoms with E-state index in [0.717, 1.165) is 0 Å². The summed E-state index contributed by atoms with van der Waals surface area (Å²) in [6, 6.07) is 0. The second-order valence-corrected chi connectivity index (χ2v) is 1.73. The summed E-state index contributed by atoms with van der Waals surface area (Å²) in [5.41, 5.74) is 29.4. The number of hydrogen-bond donors (Lipinski definition) is 6. The van der Waals surface area contributed by atoms with Crippen LogP contribution in [-0.4, -0.2) is 39.3 Å². The third kappa shape index (κ3) is 117. The Hall–Kier alpha value is 0.383. The Morgan fingerprint density at radius 3 is 0.462 bits per heavy atom. The molecule has 7 heteroatoms. The number of nitrogens with two attached hydrogens (primary N) is 6. The molecule has 0 aliphatic carbocycles. The van der Waals surface area contributed by atoms with Crippen LogP contribution < -0.4 is 34.4 Å². The van der Waals surface area contributed by atoms with Gasteiger partial charge < -0.3 is 34.4 Å². The first kappa shape index (κ1) is 23.3. The summed E-state index contributed by atoms with van der Waals surface area (Å²) in [6.45, 7) is 3.58. The van der Waals surface area contributed by atoms with Gasteiger partial charge in [-0.2, -0.15) is 0 Å². The molecule has 0 bridgehead atoms. The van der Waals surface area contributed by atoms with Crippen LogP contribution in [0.3, 0.4) is 0 Å². The van der Waals surface area contributed by atoms with E-state index in [1.54, 1.807) is 0 Å². The Kier molecular flexibility index (Phi) is 70.6. The molecule has 0 aromatic heterocycles. The van der Waals surface area contributed by atoms with Gasteiger partial charge in [-0.3, -0.25) is 0 Å². The molecule has 0 aliphatic heterocycles. The molecule has 0 aliphatic rings. The van der Waals surface area contributed by atoms with E-state index < -0.39 is 0 Å². The Bertz CT molecular complexity index is 32.6. The van der Waals surface area contributed by atoms with Crippen molar-refractivity contribution in [1.82, 2.24) is 0 Å². The maximum absolute atomic E-state index is 4.90. The van der Waals surface area contributed by atoms with Gasteiger partial charge in [-0.05, 0) is 0 Å². The van der Waals surface area contributed by atoms with Gasteiger partial charge in [-0.1, -0.05) is 0 Å². The minimum Gasteiger partial charge on any atom is -0.329 e. The van der Waals surface area contributed by atoms with Gasteiger partial charge in [0, 0.05) is 58.7 Å². The predicted molar refractivity (Wildman–Crippen MR) is 54.3 cm³/mol. The Balaban J connectivity index is -0.0000000450. The molecule has 13 heavy (non-hydrogen) atoms. The van der Waals surface area contributed by atoms with Crippen LogP contribution in [0.15, 0.2) is 0 Å². The molecule has 0 rings (SSSR count). The molecular formula is C6H24N6Ru. The van der Waals surface area contributed by atoms with Crippen LogP contribution in [0.1, 0.15) is 0 Å². The topological polar surface area (TPSA) is 156 Å². The van der Waals surface area contributed by atoms with E-state index in [2.05, 4.69) is 0 Å². The average molecular weight is 281 g/mol. The molecule has 12 N–H and O–H groups in total. The quantitative estimate of drug-likeness (QED) is 0.298. The van der Waals surface area contributed by atoms with Crippen molar-refractivity contribution in [1.29, 1.82) is 0 Å². The first-order chi connectivity index (χ1) is 5.74. The molecule has 0 amide bonds. The average Bonchev–Trinajstić information content (AvgIpc) is 2.18. The van der Waals surface area contributed by atoms with Gasteiger partial charge in [-0.15, -0.1) is 0 Å². The summed E-state index contributed by atoms with van der Waals surface area (Å²) >= 11 is 0. The molecular weight excluding hydrogens is 257 g/mol. The Morgan fingerprint density at radius 2 is 0.462 bits per heavy atom. The monoisotopic (exact) mass is 282 g/mol. The molecule has 0 fully saturated rings. The van der Waals surface area contributed by atoms with Gasteiger partial charge in [0.15, 0.2) is 0 Å². The van der Waals surface area contributed by atoms with E-state index in [0.29, 0.717) is 39.3 Å². The van der Waals surface area contributed by atoms with Gasteiger partial charge in [0.1, 0.15) is 0 Å². The van der Waals surface area contributed by atoms with Crippen molar-refractivity contribution in [3.8, 4) is 0 Å². The standard InChI is InChI=1S/3C2H8N2.Ru/c3*3-1-2-4;/h3*1-4H2;. The zero-order valence-electron chi connectivity index (χ0n) is 8.06. The van der Waals surface area contributed by atoms with Crippen molar-refractivity contribution in [2.45, 2.75) is 0 Å². The second kappa shape index (κ2) is 39.4. The zero-order chi connectivity index (χ0) is 10.2. The molecule has 0 saturated carbocycles. The maximum Gasteiger partial charge on any atom is 0.00461 e. The maximum atomic E-state index is 4.90. The van der Waals surface area contributed by atoms with E-state index in [4.69, 9.17) is 34.4 Å². The molecule has 0 saturated heterocycles. The fourth-order valence-corrected chi connectivity index (χ4v) is 0. The van der Waals surface area contributed by atoms with E-state index in [9.17, 15) is 0 Å². The van der Waals surface area contributed by atoms with Crippen LogP contribution in [0.2, 0.25) is 0 Å². The van der Waals surface area contributed by atoms with Crippen molar-refractivity contribution in [3.05, 3.63) is 0 Å². The first-order valence-corrected chi connectivity index (χ1v) is 3.95. The Morgan fingerprint density at radius 1 is 0.385 bits per heavy atom. The largest absolute Gasteiger partial charge is 0.329 e. The van der Waals surface area contributed by atoms with Crippen molar-refractivity contribution in [2.24, 2.45) is 34.4 Å². The van der Waals surface area contributed by atoms with Crippen molar-refractivity contribution < 1.29 is 19.5 Å². The minimum absolute atomic E-state index is 0. The van der Waals surface area contributed by atoms with Gasteiger partial charge in [0.2, 0.25) is 0 Å². The third-order valence-electron chi connectivity index (χ3n) is 0.500. The van der Waals surface area contributed by atoms with E-state index in [1.165, 1.54) is 0 Å². The minimum atomic E-state index is 0. The summed E-state index contributed by atoms with van der Waals surface area (Å²) < 4.78 is 0.